The lowest BCUT2D eigenvalue weighted by Crippen LogP contribution is -2.50. The van der Waals surface area contributed by atoms with Crippen LogP contribution in [0.15, 0.2) is 36.1 Å². The highest BCUT2D eigenvalue weighted by Crippen LogP contribution is 2.67. The molecule has 1 radical (unpaired) electrons. The van der Waals surface area contributed by atoms with Gasteiger partial charge in [0, 0.05) is 6.08 Å². The van der Waals surface area contributed by atoms with Crippen molar-refractivity contribution in [3.63, 3.8) is 0 Å². The summed E-state index contributed by atoms with van der Waals surface area (Å²) in [7, 11) is 0. The Morgan fingerprint density at radius 1 is 1.06 bits per heavy atom. The van der Waals surface area contributed by atoms with Gasteiger partial charge in [-0.25, -0.2) is 0 Å². The fourth-order valence-electron chi connectivity index (χ4n) is 9.41. The van der Waals surface area contributed by atoms with Crippen molar-refractivity contribution in [2.24, 2.45) is 52.3 Å². The first kappa shape index (κ1) is 26.1. The molecule has 0 aliphatic heterocycles. The summed E-state index contributed by atoms with van der Waals surface area (Å²) >= 11 is 0. The van der Waals surface area contributed by atoms with E-state index in [1.807, 2.05) is 5.57 Å². The molecule has 34 heavy (non-hydrogen) atoms. The average molecular weight is 462 g/mol. The summed E-state index contributed by atoms with van der Waals surface area (Å²) in [6.45, 7) is 16.4. The zero-order chi connectivity index (χ0) is 24.3. The Labute approximate surface area is 212 Å². The quantitative estimate of drug-likeness (QED) is 0.182. The van der Waals surface area contributed by atoms with Crippen LogP contribution in [0.2, 0.25) is 0 Å². The molecular weight excluding hydrogens is 408 g/mol. The maximum atomic E-state index is 3.62. The van der Waals surface area contributed by atoms with E-state index >= 15 is 0 Å². The van der Waals surface area contributed by atoms with Gasteiger partial charge in [-0.2, -0.15) is 0 Å². The number of fused-ring (bicyclic) bond motifs is 5. The Bertz CT molecular complexity index is 791. The molecule has 0 aromatic rings. The molecular formula is C34H53. The number of hydrogen-bond donors (Lipinski definition) is 0. The van der Waals surface area contributed by atoms with Crippen molar-refractivity contribution in [3.8, 4) is 0 Å². The van der Waals surface area contributed by atoms with Crippen molar-refractivity contribution in [1.29, 1.82) is 0 Å². The predicted octanol–water partition coefficient (Wildman–Crippen LogP) is 10.1. The molecule has 0 heteroatoms. The van der Waals surface area contributed by atoms with Crippen molar-refractivity contribution >= 4 is 0 Å². The third-order valence-corrected chi connectivity index (χ3v) is 11.3. The standard InChI is InChI=1S/C34H53/c1-7-8-9-10-11-15-27-20-22-33(5)28(24-27)16-17-29-31-19-18-30(26(4)14-12-13-25(2)3)34(31,6)23-21-32(29)33/h11,15-16,25-27,29-32H,1,9-10,12-14,17-24H2,2-6H3/b15-11+/t26-,27+,29+,30-,31+,32+,33+,34-/m1/s1. The Kier molecular flexibility index (Phi) is 8.40. The van der Waals surface area contributed by atoms with Gasteiger partial charge >= 0.3 is 0 Å². The van der Waals surface area contributed by atoms with Gasteiger partial charge in [0.1, 0.15) is 0 Å². The molecule has 0 aromatic heterocycles. The van der Waals surface area contributed by atoms with Crippen LogP contribution < -0.4 is 0 Å². The van der Waals surface area contributed by atoms with E-state index in [9.17, 15) is 0 Å². The third kappa shape index (κ3) is 5.09. The summed E-state index contributed by atoms with van der Waals surface area (Å²) in [6, 6.07) is 0. The lowest BCUT2D eigenvalue weighted by molar-refractivity contribution is -0.0516. The van der Waals surface area contributed by atoms with Gasteiger partial charge < -0.3 is 0 Å². The number of unbranched alkanes of at least 4 members (excludes halogenated alkanes) is 1. The van der Waals surface area contributed by atoms with E-state index in [0.717, 1.165) is 54.3 Å². The van der Waals surface area contributed by atoms with Crippen LogP contribution in [0.4, 0.5) is 0 Å². The third-order valence-electron chi connectivity index (χ3n) is 11.3. The van der Waals surface area contributed by atoms with E-state index in [2.05, 4.69) is 71.2 Å². The van der Waals surface area contributed by atoms with E-state index in [4.69, 9.17) is 0 Å². The van der Waals surface area contributed by atoms with Gasteiger partial charge in [-0.1, -0.05) is 84.3 Å². The van der Waals surface area contributed by atoms with Gasteiger partial charge in [-0.15, -0.1) is 5.73 Å². The van der Waals surface area contributed by atoms with Crippen LogP contribution >= 0.6 is 0 Å². The van der Waals surface area contributed by atoms with E-state index in [1.54, 1.807) is 0 Å². The molecule has 4 aliphatic rings. The SMILES string of the molecule is C=C=[C]CC/C=C/[C@H]1CC[C@@]2(C)C(=CC[C@H]3[C@@H]4CC[C@H]([C@H](C)CCCC(C)C)[C@@]4(C)CC[C@@H]32)C1. The minimum absolute atomic E-state index is 0.481. The summed E-state index contributed by atoms with van der Waals surface area (Å²) in [5, 5.41) is 0. The minimum Gasteiger partial charge on any atom is -0.124 e. The van der Waals surface area contributed by atoms with Crippen LogP contribution in [0.3, 0.4) is 0 Å². The predicted molar refractivity (Wildman–Crippen MR) is 147 cm³/mol. The highest BCUT2D eigenvalue weighted by atomic mass is 14.6. The molecule has 189 valence electrons. The highest BCUT2D eigenvalue weighted by Gasteiger charge is 2.58. The van der Waals surface area contributed by atoms with Crippen LogP contribution in [-0.4, -0.2) is 0 Å². The Hall–Kier alpha value is -1.00. The van der Waals surface area contributed by atoms with Gasteiger partial charge in [0.2, 0.25) is 0 Å². The monoisotopic (exact) mass is 461 g/mol. The van der Waals surface area contributed by atoms with Crippen LogP contribution in [0.25, 0.3) is 0 Å². The van der Waals surface area contributed by atoms with Crippen molar-refractivity contribution in [1.82, 2.24) is 0 Å². The lowest BCUT2D eigenvalue weighted by atomic mass is 9.46. The fourth-order valence-corrected chi connectivity index (χ4v) is 9.41. The van der Waals surface area contributed by atoms with Crippen LogP contribution in [0.5, 0.6) is 0 Å². The van der Waals surface area contributed by atoms with Gasteiger partial charge in [0.15, 0.2) is 0 Å². The molecule has 0 unspecified atom stereocenters. The van der Waals surface area contributed by atoms with Crippen molar-refractivity contribution in [2.75, 3.05) is 0 Å². The van der Waals surface area contributed by atoms with Crippen molar-refractivity contribution in [2.45, 2.75) is 118 Å². The summed E-state index contributed by atoms with van der Waals surface area (Å²) in [5.41, 5.74) is 5.69. The second-order valence-electron chi connectivity index (χ2n) is 13.6. The zero-order valence-corrected chi connectivity index (χ0v) is 23.2. The molecule has 0 N–H and O–H groups in total. The number of allylic oxidation sites excluding steroid dienone is 5. The molecule has 0 bridgehead atoms. The molecule has 0 aromatic carbocycles. The van der Waals surface area contributed by atoms with Gasteiger partial charge in [-0.05, 0) is 116 Å². The summed E-state index contributed by atoms with van der Waals surface area (Å²) in [5.74, 6) is 6.36. The molecule has 0 saturated heterocycles. The molecule has 3 saturated carbocycles. The zero-order valence-electron chi connectivity index (χ0n) is 23.2. The van der Waals surface area contributed by atoms with Crippen molar-refractivity contribution in [3.05, 3.63) is 42.2 Å². The van der Waals surface area contributed by atoms with Crippen LogP contribution in [-0.2, 0) is 0 Å². The van der Waals surface area contributed by atoms with E-state index in [1.165, 1.54) is 70.6 Å². The Balaban J connectivity index is 1.41. The molecule has 8 atom stereocenters. The molecule has 0 nitrogen and oxygen atoms in total. The molecule has 3 fully saturated rings. The van der Waals surface area contributed by atoms with Crippen LogP contribution in [0, 0.1) is 58.3 Å². The van der Waals surface area contributed by atoms with Crippen molar-refractivity contribution < 1.29 is 0 Å². The molecule has 0 spiro atoms. The largest absolute Gasteiger partial charge is 0.124 e. The van der Waals surface area contributed by atoms with E-state index in [0.29, 0.717) is 10.8 Å². The fraction of sp³-hybridized carbons (Fsp3) is 0.794. The Morgan fingerprint density at radius 3 is 2.65 bits per heavy atom. The maximum Gasteiger partial charge on any atom is 0.00455 e. The number of rotatable bonds is 9. The normalized spacial score (nSPS) is 40.3. The van der Waals surface area contributed by atoms with E-state index in [-0.39, 0.29) is 0 Å². The van der Waals surface area contributed by atoms with Gasteiger partial charge in [0.25, 0.3) is 0 Å². The first-order valence-electron chi connectivity index (χ1n) is 14.9. The second kappa shape index (κ2) is 10.9. The summed E-state index contributed by atoms with van der Waals surface area (Å²) in [6.07, 6.45) is 28.6. The smallest absolute Gasteiger partial charge is 0.00455 e. The summed E-state index contributed by atoms with van der Waals surface area (Å²) in [4.78, 5) is 0. The molecule has 0 heterocycles. The van der Waals surface area contributed by atoms with Crippen LogP contribution in [0.1, 0.15) is 118 Å². The Morgan fingerprint density at radius 2 is 1.88 bits per heavy atom. The van der Waals surface area contributed by atoms with Gasteiger partial charge in [0.05, 0.1) is 0 Å². The highest BCUT2D eigenvalue weighted by molar-refractivity contribution is 5.26. The van der Waals surface area contributed by atoms with E-state index < -0.39 is 0 Å². The maximum absolute atomic E-state index is 3.62. The second-order valence-corrected chi connectivity index (χ2v) is 13.6. The van der Waals surface area contributed by atoms with Gasteiger partial charge in [-0.3, -0.25) is 0 Å². The molecule has 4 aliphatic carbocycles. The summed E-state index contributed by atoms with van der Waals surface area (Å²) < 4.78 is 0. The minimum atomic E-state index is 0.481. The topological polar surface area (TPSA) is 0 Å². The molecule has 0 amide bonds. The first-order valence-corrected chi connectivity index (χ1v) is 14.9. The number of hydrogen-bond acceptors (Lipinski definition) is 0. The first-order chi connectivity index (χ1) is 16.3. The lowest BCUT2D eigenvalue weighted by Gasteiger charge is -2.58. The average Bonchev–Trinajstić information content (AvgIpc) is 3.16. The molecule has 4 rings (SSSR count).